The first-order chi connectivity index (χ1) is 17.0. The van der Waals surface area contributed by atoms with Crippen LogP contribution in [0.1, 0.15) is 138 Å². The van der Waals surface area contributed by atoms with E-state index >= 15 is 0 Å². The third-order valence-electron chi connectivity index (χ3n) is 6.50. The Bertz CT molecular complexity index is 416. The zero-order valence-electron chi connectivity index (χ0n) is 24.3. The number of thiol groups is 1. The van der Waals surface area contributed by atoms with E-state index in [1.807, 2.05) is 23.5 Å². The van der Waals surface area contributed by atoms with E-state index in [2.05, 4.69) is 61.1 Å². The van der Waals surface area contributed by atoms with Crippen molar-refractivity contribution in [3.05, 3.63) is 0 Å². The quantitative estimate of drug-likeness (QED) is 0.0657. The van der Waals surface area contributed by atoms with E-state index in [-0.39, 0.29) is 16.3 Å². The summed E-state index contributed by atoms with van der Waals surface area (Å²) in [4.78, 5) is 0. The largest absolute Gasteiger partial charge is 0.641 e. The van der Waals surface area contributed by atoms with Crippen molar-refractivity contribution in [1.29, 1.82) is 0 Å². The van der Waals surface area contributed by atoms with Gasteiger partial charge in [0.05, 0.1) is 16.3 Å². The molecule has 35 heavy (non-hydrogen) atoms. The highest BCUT2D eigenvalue weighted by molar-refractivity contribution is 8.00. The van der Waals surface area contributed by atoms with Gasteiger partial charge >= 0.3 is 7.32 Å². The van der Waals surface area contributed by atoms with Crippen LogP contribution < -0.4 is 0 Å². The van der Waals surface area contributed by atoms with Crippen molar-refractivity contribution < 1.29 is 14.0 Å². The molecule has 0 rings (SSSR count). The van der Waals surface area contributed by atoms with Gasteiger partial charge in [-0.05, 0) is 55.4 Å². The molecule has 0 amide bonds. The molecule has 0 heterocycles. The van der Waals surface area contributed by atoms with Gasteiger partial charge in [-0.15, -0.1) is 36.2 Å². The van der Waals surface area contributed by atoms with Crippen LogP contribution in [0.2, 0.25) is 0 Å². The Morgan fingerprint density at radius 3 is 1.34 bits per heavy atom. The summed E-state index contributed by atoms with van der Waals surface area (Å²) in [7, 11) is -0.649. The molecule has 3 nitrogen and oxygen atoms in total. The van der Waals surface area contributed by atoms with E-state index in [1.54, 1.807) is 0 Å². The number of thioether (sulfide) groups is 2. The van der Waals surface area contributed by atoms with Gasteiger partial charge in [-0.25, -0.2) is 0 Å². The molecule has 0 radical (unpaired) electrons. The van der Waals surface area contributed by atoms with Crippen molar-refractivity contribution in [1.82, 2.24) is 0 Å². The summed E-state index contributed by atoms with van der Waals surface area (Å²) in [5.74, 6) is 3.82. The second-order valence-corrected chi connectivity index (χ2v) is 12.8. The van der Waals surface area contributed by atoms with Crippen LogP contribution in [0.3, 0.4) is 0 Å². The number of hydrogen-bond donors (Lipinski definition) is 1. The fourth-order valence-corrected chi connectivity index (χ4v) is 7.20. The first-order valence-corrected chi connectivity index (χ1v) is 17.5. The van der Waals surface area contributed by atoms with Crippen LogP contribution >= 0.6 is 36.2 Å². The van der Waals surface area contributed by atoms with E-state index in [9.17, 15) is 0 Å². The predicted molar refractivity (Wildman–Crippen MR) is 166 cm³/mol. The van der Waals surface area contributed by atoms with Crippen molar-refractivity contribution in [2.45, 2.75) is 155 Å². The van der Waals surface area contributed by atoms with Crippen LogP contribution in [0.15, 0.2) is 0 Å². The highest BCUT2D eigenvalue weighted by atomic mass is 32.2. The molecular weight excluding hydrogens is 491 g/mol. The maximum Gasteiger partial charge on any atom is 0.641 e. The lowest BCUT2D eigenvalue weighted by Crippen LogP contribution is -2.37. The van der Waals surface area contributed by atoms with Crippen molar-refractivity contribution >= 4 is 43.5 Å². The molecule has 0 saturated heterocycles. The molecule has 5 atom stereocenters. The first kappa shape index (κ1) is 36.0. The van der Waals surface area contributed by atoms with Crippen LogP contribution in [0, 0.1) is 11.8 Å². The van der Waals surface area contributed by atoms with Crippen LogP contribution in [0.25, 0.3) is 0 Å². The van der Waals surface area contributed by atoms with Gasteiger partial charge in [0.1, 0.15) is 0 Å². The Kier molecular flexibility index (Phi) is 26.0. The molecule has 0 bridgehead atoms. The standard InChI is InChI=1S/C28H59BO3S3/c1-8-15-20-24(13-6)22-34-27(18-11-4)31-29(30-26(33)17-10-3)32-28(19-12-5)35-23-25(14-7)21-16-9-2/h24-28,33H,8-23H2,1-7H3. The van der Waals surface area contributed by atoms with Gasteiger partial charge in [-0.3, -0.25) is 0 Å². The summed E-state index contributed by atoms with van der Waals surface area (Å²) in [6, 6.07) is 0. The summed E-state index contributed by atoms with van der Waals surface area (Å²) in [5.41, 5.74) is 0.0385. The van der Waals surface area contributed by atoms with Gasteiger partial charge in [0, 0.05) is 0 Å². The molecule has 0 aromatic rings. The van der Waals surface area contributed by atoms with E-state index in [0.29, 0.717) is 0 Å². The summed E-state index contributed by atoms with van der Waals surface area (Å²) in [6.07, 6.45) is 16.4. The average molecular weight is 551 g/mol. The lowest BCUT2D eigenvalue weighted by atomic mass is 10.0. The lowest BCUT2D eigenvalue weighted by molar-refractivity contribution is 0.0634. The van der Waals surface area contributed by atoms with Crippen LogP contribution in [0.4, 0.5) is 0 Å². The molecule has 0 aliphatic carbocycles. The van der Waals surface area contributed by atoms with Crippen LogP contribution in [-0.2, 0) is 14.0 Å². The average Bonchev–Trinajstić information content (AvgIpc) is 2.84. The minimum absolute atomic E-state index is 0.100. The van der Waals surface area contributed by atoms with Crippen molar-refractivity contribution in [2.75, 3.05) is 11.5 Å². The molecule has 7 heteroatoms. The normalized spacial score (nSPS) is 16.1. The predicted octanol–water partition coefficient (Wildman–Crippen LogP) is 10.2. The van der Waals surface area contributed by atoms with E-state index < -0.39 is 7.32 Å². The van der Waals surface area contributed by atoms with E-state index in [4.69, 9.17) is 14.0 Å². The summed E-state index contributed by atoms with van der Waals surface area (Å²) < 4.78 is 19.3. The Morgan fingerprint density at radius 1 is 0.571 bits per heavy atom. The fourth-order valence-electron chi connectivity index (χ4n) is 3.92. The van der Waals surface area contributed by atoms with Gasteiger partial charge in [-0.1, -0.05) is 106 Å². The monoisotopic (exact) mass is 550 g/mol. The second kappa shape index (κ2) is 25.3. The minimum atomic E-state index is -0.649. The molecule has 0 aromatic carbocycles. The van der Waals surface area contributed by atoms with Crippen molar-refractivity contribution in [2.24, 2.45) is 11.8 Å². The van der Waals surface area contributed by atoms with Gasteiger partial charge in [0.25, 0.3) is 0 Å². The Balaban J connectivity index is 5.21. The number of hydrogen-bond acceptors (Lipinski definition) is 6. The minimum Gasteiger partial charge on any atom is -0.374 e. The fraction of sp³-hybridized carbons (Fsp3) is 1.00. The molecule has 0 fully saturated rings. The van der Waals surface area contributed by atoms with Gasteiger partial charge < -0.3 is 14.0 Å². The van der Waals surface area contributed by atoms with Gasteiger partial charge in [0.2, 0.25) is 0 Å². The van der Waals surface area contributed by atoms with Gasteiger partial charge in [0.15, 0.2) is 0 Å². The molecule has 0 spiro atoms. The zero-order chi connectivity index (χ0) is 26.3. The molecule has 0 saturated carbocycles. The summed E-state index contributed by atoms with van der Waals surface area (Å²) in [6.45, 7) is 15.8. The summed E-state index contributed by atoms with van der Waals surface area (Å²) in [5, 5.41) is 0. The highest BCUT2D eigenvalue weighted by Gasteiger charge is 2.32. The molecule has 0 N–H and O–H groups in total. The molecule has 5 unspecified atom stereocenters. The third kappa shape index (κ3) is 19.7. The van der Waals surface area contributed by atoms with Crippen molar-refractivity contribution in [3.63, 3.8) is 0 Å². The highest BCUT2D eigenvalue weighted by Crippen LogP contribution is 2.29. The van der Waals surface area contributed by atoms with Crippen LogP contribution in [0.5, 0.6) is 0 Å². The van der Waals surface area contributed by atoms with E-state index in [0.717, 1.165) is 61.9 Å². The topological polar surface area (TPSA) is 27.7 Å². The molecule has 210 valence electrons. The number of unbranched alkanes of at least 4 members (excludes halogenated alkanes) is 2. The number of rotatable bonds is 26. The SMILES string of the molecule is CCCCC(CC)CSC(CCC)OB(OC(S)CCC)OC(CCC)SCC(CC)CCCC. The zero-order valence-corrected chi connectivity index (χ0v) is 26.8. The first-order valence-electron chi connectivity index (χ1n) is 14.8. The smallest absolute Gasteiger partial charge is 0.374 e. The molecule has 0 aliphatic heterocycles. The molecule has 0 aliphatic rings. The van der Waals surface area contributed by atoms with Gasteiger partial charge in [-0.2, -0.15) is 0 Å². The molecule has 0 aromatic heterocycles. The van der Waals surface area contributed by atoms with E-state index in [1.165, 1.54) is 51.4 Å². The second-order valence-electron chi connectivity index (χ2n) is 9.88. The maximum atomic E-state index is 6.54. The van der Waals surface area contributed by atoms with Crippen molar-refractivity contribution in [3.8, 4) is 0 Å². The Morgan fingerprint density at radius 2 is 1.00 bits per heavy atom. The van der Waals surface area contributed by atoms with Crippen LogP contribution in [-0.4, -0.2) is 35.1 Å². The molecular formula is C28H59BO3S3. The summed E-state index contributed by atoms with van der Waals surface area (Å²) >= 11 is 8.59. The Hall–Kier alpha value is 0.995. The maximum absolute atomic E-state index is 6.54. The Labute approximate surface area is 234 Å². The lowest BCUT2D eigenvalue weighted by Gasteiger charge is -2.28. The third-order valence-corrected chi connectivity index (χ3v) is 9.65.